The molecule has 1 saturated heterocycles. The Bertz CT molecular complexity index is 559. The number of hydrazine groups is 1. The van der Waals surface area contributed by atoms with Crippen molar-refractivity contribution in [2.24, 2.45) is 0 Å². The summed E-state index contributed by atoms with van der Waals surface area (Å²) in [5, 5.41) is 4.99. The summed E-state index contributed by atoms with van der Waals surface area (Å²) in [7, 11) is -3.61. The quantitative estimate of drug-likeness (QED) is 0.866. The Morgan fingerprint density at radius 2 is 2.05 bits per heavy atom. The molecule has 1 fully saturated rings. The SMILES string of the molecule is CCNc1ncc(S(=O)(=O)NN2CCCCC2)cc1Cl. The molecule has 6 nitrogen and oxygen atoms in total. The lowest BCUT2D eigenvalue weighted by molar-refractivity contribution is 0.200. The van der Waals surface area contributed by atoms with Gasteiger partial charge >= 0.3 is 0 Å². The minimum Gasteiger partial charge on any atom is -0.369 e. The van der Waals surface area contributed by atoms with Gasteiger partial charge < -0.3 is 5.32 Å². The van der Waals surface area contributed by atoms with Gasteiger partial charge in [0.15, 0.2) is 0 Å². The summed E-state index contributed by atoms with van der Waals surface area (Å²) in [5.41, 5.74) is 0. The van der Waals surface area contributed by atoms with Crippen LogP contribution in [0.4, 0.5) is 5.82 Å². The van der Waals surface area contributed by atoms with Gasteiger partial charge in [-0.05, 0) is 25.8 Å². The van der Waals surface area contributed by atoms with Gasteiger partial charge in [0, 0.05) is 25.8 Å². The van der Waals surface area contributed by atoms with Crippen molar-refractivity contribution in [3.63, 3.8) is 0 Å². The van der Waals surface area contributed by atoms with Crippen molar-refractivity contribution in [1.82, 2.24) is 14.8 Å². The maximum absolute atomic E-state index is 12.2. The normalized spacial score (nSPS) is 17.1. The number of aromatic nitrogens is 1. The zero-order chi connectivity index (χ0) is 14.6. The maximum Gasteiger partial charge on any atom is 0.255 e. The number of nitrogens with zero attached hydrogens (tertiary/aromatic N) is 2. The zero-order valence-corrected chi connectivity index (χ0v) is 13.0. The third-order valence-corrected chi connectivity index (χ3v) is 4.71. The number of sulfonamides is 1. The van der Waals surface area contributed by atoms with E-state index in [1.54, 1.807) is 5.01 Å². The van der Waals surface area contributed by atoms with E-state index >= 15 is 0 Å². The lowest BCUT2D eigenvalue weighted by Gasteiger charge is -2.26. The van der Waals surface area contributed by atoms with Crippen LogP contribution < -0.4 is 10.1 Å². The predicted molar refractivity (Wildman–Crippen MR) is 79.2 cm³/mol. The van der Waals surface area contributed by atoms with Crippen molar-refractivity contribution < 1.29 is 8.42 Å². The maximum atomic E-state index is 12.2. The Balaban J connectivity index is 2.14. The molecule has 0 spiro atoms. The van der Waals surface area contributed by atoms with Gasteiger partial charge in [0.05, 0.1) is 5.02 Å². The summed E-state index contributed by atoms with van der Waals surface area (Å²) in [6.07, 6.45) is 4.46. The summed E-state index contributed by atoms with van der Waals surface area (Å²) >= 11 is 6.03. The number of nitrogens with one attached hydrogen (secondary N) is 2. The van der Waals surface area contributed by atoms with E-state index in [1.165, 1.54) is 12.3 Å². The van der Waals surface area contributed by atoms with E-state index in [2.05, 4.69) is 15.1 Å². The van der Waals surface area contributed by atoms with Crippen LogP contribution in [-0.4, -0.2) is 38.0 Å². The first-order chi connectivity index (χ1) is 9.53. The van der Waals surface area contributed by atoms with Gasteiger partial charge in [-0.2, -0.15) is 0 Å². The number of halogens is 1. The Hall–Kier alpha value is -0.890. The summed E-state index contributed by atoms with van der Waals surface area (Å²) < 4.78 is 24.5. The summed E-state index contributed by atoms with van der Waals surface area (Å²) in [4.78, 5) is 6.70. The van der Waals surface area contributed by atoms with Gasteiger partial charge in [-0.25, -0.2) is 18.4 Å². The Labute approximate surface area is 124 Å². The van der Waals surface area contributed by atoms with Crippen LogP contribution in [-0.2, 0) is 10.0 Å². The van der Waals surface area contributed by atoms with Crippen LogP contribution in [0, 0.1) is 0 Å². The molecule has 0 saturated carbocycles. The molecule has 1 aromatic rings. The summed E-state index contributed by atoms with van der Waals surface area (Å²) in [6, 6.07) is 1.42. The molecule has 0 amide bonds. The number of piperidine rings is 1. The zero-order valence-electron chi connectivity index (χ0n) is 11.4. The average molecular weight is 319 g/mol. The number of hydrogen-bond acceptors (Lipinski definition) is 5. The van der Waals surface area contributed by atoms with Crippen LogP contribution in [0.1, 0.15) is 26.2 Å². The number of pyridine rings is 1. The third-order valence-electron chi connectivity index (χ3n) is 3.08. The molecule has 1 aromatic heterocycles. The van der Waals surface area contributed by atoms with E-state index < -0.39 is 10.0 Å². The van der Waals surface area contributed by atoms with Crippen molar-refractivity contribution in [1.29, 1.82) is 0 Å². The molecular weight excluding hydrogens is 300 g/mol. The van der Waals surface area contributed by atoms with Crippen LogP contribution in [0.3, 0.4) is 0 Å². The molecular formula is C12H19ClN4O2S. The van der Waals surface area contributed by atoms with Gasteiger partial charge in [-0.3, -0.25) is 0 Å². The van der Waals surface area contributed by atoms with E-state index in [0.29, 0.717) is 17.4 Å². The lowest BCUT2D eigenvalue weighted by atomic mass is 10.2. The van der Waals surface area contributed by atoms with Crippen LogP contribution in [0.25, 0.3) is 0 Å². The number of hydrogen-bond donors (Lipinski definition) is 2. The molecule has 0 aliphatic carbocycles. The summed E-state index contributed by atoms with van der Waals surface area (Å²) in [5.74, 6) is 0.492. The first-order valence-corrected chi connectivity index (χ1v) is 8.56. The standard InChI is InChI=1S/C12H19ClN4O2S/c1-2-14-12-11(13)8-10(9-15-12)20(18,19)16-17-6-4-3-5-7-17/h8-9,16H,2-7H2,1H3,(H,14,15). The van der Waals surface area contributed by atoms with Gasteiger partial charge in [-0.15, -0.1) is 4.83 Å². The minimum absolute atomic E-state index is 0.0785. The number of anilines is 1. The highest BCUT2D eigenvalue weighted by Crippen LogP contribution is 2.22. The van der Waals surface area contributed by atoms with E-state index in [-0.39, 0.29) is 4.90 Å². The van der Waals surface area contributed by atoms with E-state index in [9.17, 15) is 8.42 Å². The topological polar surface area (TPSA) is 74.3 Å². The van der Waals surface area contributed by atoms with Crippen LogP contribution in [0.15, 0.2) is 17.2 Å². The largest absolute Gasteiger partial charge is 0.369 e. The van der Waals surface area contributed by atoms with E-state index in [4.69, 9.17) is 11.6 Å². The second kappa shape index (κ2) is 6.71. The highest BCUT2D eigenvalue weighted by Gasteiger charge is 2.21. The van der Waals surface area contributed by atoms with Gasteiger partial charge in [-0.1, -0.05) is 18.0 Å². The highest BCUT2D eigenvalue weighted by molar-refractivity contribution is 7.89. The molecule has 1 aliphatic heterocycles. The van der Waals surface area contributed by atoms with E-state index in [0.717, 1.165) is 32.4 Å². The molecule has 0 aromatic carbocycles. The molecule has 0 radical (unpaired) electrons. The van der Waals surface area contributed by atoms with Crippen molar-refractivity contribution >= 4 is 27.4 Å². The smallest absolute Gasteiger partial charge is 0.255 e. The Morgan fingerprint density at radius 3 is 2.65 bits per heavy atom. The number of rotatable bonds is 5. The van der Waals surface area contributed by atoms with Crippen molar-refractivity contribution in [3.05, 3.63) is 17.3 Å². The molecule has 20 heavy (non-hydrogen) atoms. The fraction of sp³-hybridized carbons (Fsp3) is 0.583. The first-order valence-electron chi connectivity index (χ1n) is 6.70. The fourth-order valence-corrected chi connectivity index (χ4v) is 3.46. The second-order valence-electron chi connectivity index (χ2n) is 4.67. The van der Waals surface area contributed by atoms with Gasteiger partial charge in [0.2, 0.25) is 0 Å². The molecule has 0 unspecified atom stereocenters. The molecule has 112 valence electrons. The van der Waals surface area contributed by atoms with Crippen LogP contribution >= 0.6 is 11.6 Å². The predicted octanol–water partition coefficient (Wildman–Crippen LogP) is 1.85. The first kappa shape index (κ1) is 15.5. The van der Waals surface area contributed by atoms with E-state index in [1.807, 2.05) is 6.92 Å². The molecule has 8 heteroatoms. The van der Waals surface area contributed by atoms with Crippen molar-refractivity contribution in [3.8, 4) is 0 Å². The molecule has 0 atom stereocenters. The molecule has 0 bridgehead atoms. The molecule has 2 heterocycles. The monoisotopic (exact) mass is 318 g/mol. The van der Waals surface area contributed by atoms with Crippen LogP contribution in [0.5, 0.6) is 0 Å². The minimum atomic E-state index is -3.61. The average Bonchev–Trinajstić information content (AvgIpc) is 2.42. The van der Waals surface area contributed by atoms with Gasteiger partial charge in [0.1, 0.15) is 10.7 Å². The fourth-order valence-electron chi connectivity index (χ4n) is 2.07. The van der Waals surface area contributed by atoms with Crippen LogP contribution in [0.2, 0.25) is 5.02 Å². The molecule has 1 aliphatic rings. The highest BCUT2D eigenvalue weighted by atomic mass is 35.5. The lowest BCUT2D eigenvalue weighted by Crippen LogP contribution is -2.44. The molecule has 2 rings (SSSR count). The van der Waals surface area contributed by atoms with Crippen molar-refractivity contribution in [2.45, 2.75) is 31.1 Å². The Kier molecular flexibility index (Phi) is 5.20. The summed E-state index contributed by atoms with van der Waals surface area (Å²) in [6.45, 7) is 4.05. The van der Waals surface area contributed by atoms with Gasteiger partial charge in [0.25, 0.3) is 10.0 Å². The molecule has 2 N–H and O–H groups in total. The van der Waals surface area contributed by atoms with Crippen molar-refractivity contribution in [2.75, 3.05) is 25.0 Å². The Morgan fingerprint density at radius 1 is 1.35 bits per heavy atom. The second-order valence-corrected chi connectivity index (χ2v) is 6.74. The third kappa shape index (κ3) is 3.82.